The Kier molecular flexibility index (Phi) is 4.85. The van der Waals surface area contributed by atoms with Crippen molar-refractivity contribution < 1.29 is 14.7 Å². The average molecular weight is 309 g/mol. The van der Waals surface area contributed by atoms with Gasteiger partial charge in [0.15, 0.2) is 0 Å². The number of urea groups is 1. The molecule has 2 atom stereocenters. The topological polar surface area (TPSA) is 69.6 Å². The molecule has 2 rings (SSSR count). The van der Waals surface area contributed by atoms with Gasteiger partial charge in [0.25, 0.3) is 0 Å². The van der Waals surface area contributed by atoms with E-state index in [-0.39, 0.29) is 12.1 Å². The molecule has 2 N–H and O–H groups in total. The van der Waals surface area contributed by atoms with Crippen LogP contribution < -0.4 is 5.32 Å². The number of aliphatic carboxylic acids is 1. The number of carboxylic acid groups (broad SMARTS) is 1. The van der Waals surface area contributed by atoms with Gasteiger partial charge in [0.05, 0.1) is 12.0 Å². The molecule has 2 amide bonds. The van der Waals surface area contributed by atoms with Crippen LogP contribution in [0, 0.1) is 5.92 Å². The van der Waals surface area contributed by atoms with Crippen LogP contribution >= 0.6 is 11.6 Å². The number of amides is 2. The third kappa shape index (κ3) is 4.23. The molecular weight excluding hydrogens is 292 g/mol. The Bertz CT molecular complexity index is 574. The molecule has 0 aromatic heterocycles. The molecule has 0 spiro atoms. The zero-order chi connectivity index (χ0) is 15.4. The fourth-order valence-electron chi connectivity index (χ4n) is 2.24. The zero-order valence-corrected chi connectivity index (χ0v) is 12.4. The van der Waals surface area contributed by atoms with Crippen LogP contribution in [0.15, 0.2) is 36.4 Å². The molecule has 0 heterocycles. The monoisotopic (exact) mass is 308 g/mol. The Hall–Kier alpha value is -2.01. The van der Waals surface area contributed by atoms with Gasteiger partial charge in [0.2, 0.25) is 0 Å². The summed E-state index contributed by atoms with van der Waals surface area (Å²) in [4.78, 5) is 24.5. The van der Waals surface area contributed by atoms with Gasteiger partial charge in [-0.3, -0.25) is 4.79 Å². The molecule has 112 valence electrons. The van der Waals surface area contributed by atoms with E-state index in [0.717, 1.165) is 5.56 Å². The Morgan fingerprint density at radius 3 is 2.81 bits per heavy atom. The molecule has 1 aromatic rings. The highest BCUT2D eigenvalue weighted by Crippen LogP contribution is 2.18. The molecule has 0 saturated heterocycles. The normalized spacial score (nSPS) is 20.3. The molecule has 1 aliphatic carbocycles. The number of nitrogens with zero attached hydrogens (tertiary/aromatic N) is 1. The SMILES string of the molecule is CN(Cc1cccc(Cl)c1)C(=O)NC1C=CC(C(=O)O)C1. The number of hydrogen-bond donors (Lipinski definition) is 2. The van der Waals surface area contributed by atoms with Crippen molar-refractivity contribution in [2.75, 3.05) is 7.05 Å². The van der Waals surface area contributed by atoms with Gasteiger partial charge in [-0.15, -0.1) is 0 Å². The van der Waals surface area contributed by atoms with Crippen LogP contribution in [-0.4, -0.2) is 35.1 Å². The second kappa shape index (κ2) is 6.63. The Labute approximate surface area is 128 Å². The maximum atomic E-state index is 12.1. The Morgan fingerprint density at radius 2 is 2.19 bits per heavy atom. The lowest BCUT2D eigenvalue weighted by molar-refractivity contribution is -0.140. The van der Waals surface area contributed by atoms with Crippen molar-refractivity contribution in [3.63, 3.8) is 0 Å². The van der Waals surface area contributed by atoms with E-state index in [4.69, 9.17) is 16.7 Å². The van der Waals surface area contributed by atoms with Crippen molar-refractivity contribution in [3.8, 4) is 0 Å². The lowest BCUT2D eigenvalue weighted by atomic mass is 10.1. The van der Waals surface area contributed by atoms with Crippen LogP contribution in [0.5, 0.6) is 0 Å². The van der Waals surface area contributed by atoms with Gasteiger partial charge in [-0.2, -0.15) is 0 Å². The molecule has 0 aliphatic heterocycles. The molecular formula is C15H17ClN2O3. The predicted molar refractivity (Wildman–Crippen MR) is 80.1 cm³/mol. The molecule has 1 aliphatic rings. The minimum absolute atomic E-state index is 0.236. The number of carboxylic acids is 1. The number of carbonyl (C=O) groups excluding carboxylic acids is 1. The summed E-state index contributed by atoms with van der Waals surface area (Å²) >= 11 is 5.91. The molecule has 2 unspecified atom stereocenters. The molecule has 21 heavy (non-hydrogen) atoms. The number of rotatable bonds is 4. The second-order valence-corrected chi connectivity index (χ2v) is 5.54. The summed E-state index contributed by atoms with van der Waals surface area (Å²) in [6.45, 7) is 0.436. The molecule has 0 fully saturated rings. The lowest BCUT2D eigenvalue weighted by Crippen LogP contribution is -2.41. The maximum Gasteiger partial charge on any atom is 0.317 e. The molecule has 1 aromatic carbocycles. The van der Waals surface area contributed by atoms with E-state index >= 15 is 0 Å². The number of carbonyl (C=O) groups is 2. The van der Waals surface area contributed by atoms with E-state index in [1.165, 1.54) is 4.90 Å². The van der Waals surface area contributed by atoms with Gasteiger partial charge in [-0.25, -0.2) is 4.79 Å². The van der Waals surface area contributed by atoms with E-state index in [0.29, 0.717) is 18.0 Å². The lowest BCUT2D eigenvalue weighted by Gasteiger charge is -2.21. The van der Waals surface area contributed by atoms with Crippen LogP contribution in [0.4, 0.5) is 4.79 Å². The van der Waals surface area contributed by atoms with Crippen molar-refractivity contribution in [2.45, 2.75) is 19.0 Å². The van der Waals surface area contributed by atoms with Crippen molar-refractivity contribution >= 4 is 23.6 Å². The minimum atomic E-state index is -0.865. The van der Waals surface area contributed by atoms with Gasteiger partial charge >= 0.3 is 12.0 Å². The van der Waals surface area contributed by atoms with Crippen molar-refractivity contribution in [3.05, 3.63) is 47.0 Å². The highest BCUT2D eigenvalue weighted by molar-refractivity contribution is 6.30. The van der Waals surface area contributed by atoms with Crippen LogP contribution in [0.2, 0.25) is 5.02 Å². The predicted octanol–water partition coefficient (Wildman–Crippen LogP) is 2.51. The molecule has 0 radical (unpaired) electrons. The standard InChI is InChI=1S/C15H17ClN2O3/c1-18(9-10-3-2-4-12(16)7-10)15(21)17-13-6-5-11(8-13)14(19)20/h2-7,11,13H,8-9H2,1H3,(H,17,21)(H,19,20). The summed E-state index contributed by atoms with van der Waals surface area (Å²) in [7, 11) is 1.68. The van der Waals surface area contributed by atoms with Gasteiger partial charge in [-0.05, 0) is 24.1 Å². The molecule has 5 nitrogen and oxygen atoms in total. The average Bonchev–Trinajstić information content (AvgIpc) is 2.87. The highest BCUT2D eigenvalue weighted by Gasteiger charge is 2.26. The summed E-state index contributed by atoms with van der Waals surface area (Å²) in [5, 5.41) is 12.3. The highest BCUT2D eigenvalue weighted by atomic mass is 35.5. The number of nitrogens with one attached hydrogen (secondary N) is 1. The minimum Gasteiger partial charge on any atom is -0.481 e. The molecule has 0 saturated carbocycles. The van der Waals surface area contributed by atoms with E-state index < -0.39 is 11.9 Å². The van der Waals surface area contributed by atoms with Gasteiger partial charge < -0.3 is 15.3 Å². The van der Waals surface area contributed by atoms with Gasteiger partial charge in [0, 0.05) is 18.6 Å². The van der Waals surface area contributed by atoms with Gasteiger partial charge in [0.1, 0.15) is 0 Å². The summed E-state index contributed by atoms with van der Waals surface area (Å²) < 4.78 is 0. The van der Waals surface area contributed by atoms with E-state index in [2.05, 4.69) is 5.32 Å². The van der Waals surface area contributed by atoms with Crippen LogP contribution in [0.25, 0.3) is 0 Å². The first-order chi connectivity index (χ1) is 9.95. The number of hydrogen-bond acceptors (Lipinski definition) is 2. The zero-order valence-electron chi connectivity index (χ0n) is 11.6. The summed E-state index contributed by atoms with van der Waals surface area (Å²) in [5.41, 5.74) is 0.936. The van der Waals surface area contributed by atoms with Crippen molar-refractivity contribution in [2.24, 2.45) is 5.92 Å². The third-order valence-corrected chi connectivity index (χ3v) is 3.60. The van der Waals surface area contributed by atoms with E-state index in [1.54, 1.807) is 31.3 Å². The summed E-state index contributed by atoms with van der Waals surface area (Å²) in [5.74, 6) is -1.39. The first kappa shape index (κ1) is 15.4. The fraction of sp³-hybridized carbons (Fsp3) is 0.333. The summed E-state index contributed by atoms with van der Waals surface area (Å²) in [6.07, 6.45) is 3.74. The number of halogens is 1. The smallest absolute Gasteiger partial charge is 0.317 e. The molecule has 0 bridgehead atoms. The largest absolute Gasteiger partial charge is 0.481 e. The first-order valence-corrected chi connectivity index (χ1v) is 7.00. The van der Waals surface area contributed by atoms with Crippen LogP contribution in [-0.2, 0) is 11.3 Å². The second-order valence-electron chi connectivity index (χ2n) is 5.11. The quantitative estimate of drug-likeness (QED) is 0.840. The summed E-state index contributed by atoms with van der Waals surface area (Å²) in [6, 6.07) is 6.84. The number of benzene rings is 1. The fourth-order valence-corrected chi connectivity index (χ4v) is 2.45. The van der Waals surface area contributed by atoms with E-state index in [1.807, 2.05) is 12.1 Å². The third-order valence-electron chi connectivity index (χ3n) is 3.37. The van der Waals surface area contributed by atoms with Crippen LogP contribution in [0.1, 0.15) is 12.0 Å². The van der Waals surface area contributed by atoms with Crippen molar-refractivity contribution in [1.82, 2.24) is 10.2 Å². The molecule has 6 heteroatoms. The maximum absolute atomic E-state index is 12.1. The van der Waals surface area contributed by atoms with Gasteiger partial charge in [-0.1, -0.05) is 35.9 Å². The Morgan fingerprint density at radius 1 is 1.43 bits per heavy atom. The Balaban J connectivity index is 1.86. The first-order valence-electron chi connectivity index (χ1n) is 6.63. The van der Waals surface area contributed by atoms with Crippen molar-refractivity contribution in [1.29, 1.82) is 0 Å². The van der Waals surface area contributed by atoms with Crippen LogP contribution in [0.3, 0.4) is 0 Å². The van der Waals surface area contributed by atoms with E-state index in [9.17, 15) is 9.59 Å².